The number of hydrogen-bond donors (Lipinski definition) is 1. The molecule has 0 bridgehead atoms. The summed E-state index contributed by atoms with van der Waals surface area (Å²) >= 11 is 2.52. The molecule has 0 radical (unpaired) electrons. The van der Waals surface area contributed by atoms with Gasteiger partial charge in [0.1, 0.15) is 30.4 Å². The summed E-state index contributed by atoms with van der Waals surface area (Å²) in [6, 6.07) is 15.0. The van der Waals surface area contributed by atoms with Gasteiger partial charge in [0.2, 0.25) is 11.2 Å². The number of thiophene rings is 1. The molecule has 3 aromatic heterocycles. The Bertz CT molecular complexity index is 1780. The van der Waals surface area contributed by atoms with Crippen LogP contribution in [0.15, 0.2) is 74.0 Å². The van der Waals surface area contributed by atoms with Crippen LogP contribution in [-0.4, -0.2) is 18.2 Å². The number of halogens is 1. The molecule has 0 fully saturated rings. The Balaban J connectivity index is 1.36. The third-order valence-corrected chi connectivity index (χ3v) is 7.40. The van der Waals surface area contributed by atoms with Crippen LogP contribution >= 0.6 is 22.7 Å². The molecule has 36 heavy (non-hydrogen) atoms. The highest BCUT2D eigenvalue weighted by Crippen LogP contribution is 2.34. The van der Waals surface area contributed by atoms with Gasteiger partial charge in [0.05, 0.1) is 20.1 Å². The predicted molar refractivity (Wildman–Crippen MR) is 141 cm³/mol. The highest BCUT2D eigenvalue weighted by Gasteiger charge is 2.19. The van der Waals surface area contributed by atoms with E-state index in [1.54, 1.807) is 0 Å². The number of nitrogens with one attached hydrogen (secondary N) is 1. The Labute approximate surface area is 212 Å². The number of hydrogen-bond acceptors (Lipinski definition) is 7. The van der Waals surface area contributed by atoms with Gasteiger partial charge in [-0.25, -0.2) is 4.39 Å². The van der Waals surface area contributed by atoms with Gasteiger partial charge in [0, 0.05) is 0 Å². The molecule has 0 saturated heterocycles. The number of ether oxygens (including phenoxy) is 2. The average molecular weight is 522 g/mol. The lowest BCUT2D eigenvalue weighted by atomic mass is 10.1. The Kier molecular flexibility index (Phi) is 6.58. The zero-order valence-electron chi connectivity index (χ0n) is 19.1. The second-order valence-electron chi connectivity index (χ2n) is 7.88. The lowest BCUT2D eigenvalue weighted by Crippen LogP contribution is -2.21. The Morgan fingerprint density at radius 3 is 2.67 bits per heavy atom. The SMILES string of the molecule is C=c1[nH]c(=O)s/c1=C(/C)c1cccc(OCCOc2c(-c3cccs3)oc3ccc(F)cc3c2=O)c1. The lowest BCUT2D eigenvalue weighted by Gasteiger charge is -2.12. The zero-order chi connectivity index (χ0) is 25.2. The molecule has 3 heterocycles. The van der Waals surface area contributed by atoms with Crippen molar-refractivity contribution in [2.75, 3.05) is 13.2 Å². The normalized spacial score (nSPS) is 12.1. The molecule has 6 nitrogen and oxygen atoms in total. The number of aromatic nitrogens is 1. The van der Waals surface area contributed by atoms with Gasteiger partial charge in [-0.1, -0.05) is 36.1 Å². The number of fused-ring (bicyclic) bond motifs is 1. The predicted octanol–water partition coefficient (Wildman–Crippen LogP) is 4.50. The molecule has 0 saturated carbocycles. The summed E-state index contributed by atoms with van der Waals surface area (Å²) in [7, 11) is 0. The van der Waals surface area contributed by atoms with Gasteiger partial charge in [-0.3, -0.25) is 9.59 Å². The van der Waals surface area contributed by atoms with Crippen LogP contribution < -0.4 is 29.7 Å². The molecule has 182 valence electrons. The van der Waals surface area contributed by atoms with E-state index in [1.807, 2.05) is 48.7 Å². The molecule has 0 aliphatic rings. The van der Waals surface area contributed by atoms with Crippen molar-refractivity contribution in [2.45, 2.75) is 6.92 Å². The molecule has 5 aromatic rings. The fourth-order valence-electron chi connectivity index (χ4n) is 3.77. The van der Waals surface area contributed by atoms with E-state index < -0.39 is 11.2 Å². The van der Waals surface area contributed by atoms with Gasteiger partial charge in [-0.2, -0.15) is 0 Å². The first-order valence-corrected chi connectivity index (χ1v) is 12.7. The minimum Gasteiger partial charge on any atom is -0.490 e. The minimum absolute atomic E-state index is 0.0161. The molecule has 1 N–H and O–H groups in total. The number of benzene rings is 2. The minimum atomic E-state index is -0.530. The van der Waals surface area contributed by atoms with Gasteiger partial charge in [0.15, 0.2) is 5.76 Å². The van der Waals surface area contributed by atoms with Crippen molar-refractivity contribution in [1.29, 1.82) is 0 Å². The Morgan fingerprint density at radius 2 is 1.92 bits per heavy atom. The molecule has 0 aliphatic heterocycles. The molecule has 9 heteroatoms. The van der Waals surface area contributed by atoms with Crippen molar-refractivity contribution < 1.29 is 18.3 Å². The standard InChI is InChI=1S/C27H20FNO5S2/c1-15(26-16(2)29-27(31)36-26)17-5-3-6-19(13-17)32-10-11-33-25-23(30)20-14-18(28)8-9-21(20)34-24(25)22-7-4-12-35-22/h3-9,12-14H,2,10-11H2,1H3,(H,29,31)/b26-15-. The molecule has 0 unspecified atom stereocenters. The molecule has 2 aromatic carbocycles. The van der Waals surface area contributed by atoms with Crippen LogP contribution in [0, 0.1) is 5.82 Å². The first-order valence-electron chi connectivity index (χ1n) is 11.0. The largest absolute Gasteiger partial charge is 0.490 e. The fourth-order valence-corrected chi connectivity index (χ4v) is 5.27. The van der Waals surface area contributed by atoms with Crippen LogP contribution in [0.3, 0.4) is 0 Å². The maximum absolute atomic E-state index is 13.8. The maximum Gasteiger partial charge on any atom is 0.305 e. The third kappa shape index (κ3) is 4.75. The van der Waals surface area contributed by atoms with Gasteiger partial charge < -0.3 is 18.9 Å². The van der Waals surface area contributed by atoms with Crippen LogP contribution in [0.5, 0.6) is 11.5 Å². The van der Waals surface area contributed by atoms with Gasteiger partial charge in [-0.15, -0.1) is 11.3 Å². The van der Waals surface area contributed by atoms with Crippen molar-refractivity contribution >= 4 is 45.8 Å². The smallest absolute Gasteiger partial charge is 0.305 e. The number of H-pyrrole nitrogens is 1. The second kappa shape index (κ2) is 9.96. The first-order chi connectivity index (χ1) is 17.4. The maximum atomic E-state index is 13.8. The summed E-state index contributed by atoms with van der Waals surface area (Å²) in [5.41, 5.74) is 1.65. The molecule has 5 rings (SSSR count). The van der Waals surface area contributed by atoms with E-state index >= 15 is 0 Å². The van der Waals surface area contributed by atoms with Crippen LogP contribution in [0.4, 0.5) is 4.39 Å². The van der Waals surface area contributed by atoms with Gasteiger partial charge >= 0.3 is 4.87 Å². The monoisotopic (exact) mass is 521 g/mol. The van der Waals surface area contributed by atoms with Crippen LogP contribution in [-0.2, 0) is 0 Å². The summed E-state index contributed by atoms with van der Waals surface area (Å²) in [4.78, 5) is 28.0. The highest BCUT2D eigenvalue weighted by atomic mass is 32.1. The van der Waals surface area contributed by atoms with E-state index in [1.165, 1.54) is 23.5 Å². The summed E-state index contributed by atoms with van der Waals surface area (Å²) < 4.78 is 32.2. The molecule has 0 spiro atoms. The van der Waals surface area contributed by atoms with Crippen molar-refractivity contribution in [1.82, 2.24) is 4.98 Å². The second-order valence-corrected chi connectivity index (χ2v) is 9.81. The molecule has 0 atom stereocenters. The highest BCUT2D eigenvalue weighted by molar-refractivity contribution is 7.13. The summed E-state index contributed by atoms with van der Waals surface area (Å²) in [6.07, 6.45) is 0. The van der Waals surface area contributed by atoms with Crippen molar-refractivity contribution in [3.63, 3.8) is 0 Å². The Morgan fingerprint density at radius 1 is 1.08 bits per heavy atom. The van der Waals surface area contributed by atoms with E-state index in [0.717, 1.165) is 37.9 Å². The molecule has 0 amide bonds. The summed E-state index contributed by atoms with van der Waals surface area (Å²) in [6.45, 7) is 6.04. The lowest BCUT2D eigenvalue weighted by molar-refractivity contribution is 0.214. The van der Waals surface area contributed by atoms with E-state index in [9.17, 15) is 14.0 Å². The van der Waals surface area contributed by atoms with Gasteiger partial charge in [-0.05, 0) is 59.8 Å². The Hall–Kier alpha value is -3.95. The first kappa shape index (κ1) is 23.8. The third-order valence-electron chi connectivity index (χ3n) is 5.48. The fraction of sp³-hybridized carbons (Fsp3) is 0.111. The van der Waals surface area contributed by atoms with Crippen molar-refractivity contribution in [3.8, 4) is 22.1 Å². The van der Waals surface area contributed by atoms with Crippen LogP contribution in [0.1, 0.15) is 12.5 Å². The van der Waals surface area contributed by atoms with E-state index in [-0.39, 0.29) is 34.8 Å². The van der Waals surface area contributed by atoms with E-state index in [2.05, 4.69) is 11.6 Å². The number of aromatic amines is 1. The number of thiazole rings is 1. The summed E-state index contributed by atoms with van der Waals surface area (Å²) in [5, 5.41) is 2.56. The van der Waals surface area contributed by atoms with Crippen molar-refractivity contribution in [2.24, 2.45) is 0 Å². The number of rotatable bonds is 7. The van der Waals surface area contributed by atoms with Crippen LogP contribution in [0.2, 0.25) is 0 Å². The van der Waals surface area contributed by atoms with E-state index in [4.69, 9.17) is 13.9 Å². The molecular weight excluding hydrogens is 501 g/mol. The zero-order valence-corrected chi connectivity index (χ0v) is 20.8. The molecular formula is C27H20FNO5S2. The van der Waals surface area contributed by atoms with Crippen LogP contribution in [0.25, 0.3) is 33.8 Å². The quantitative estimate of drug-likeness (QED) is 0.319. The summed E-state index contributed by atoms with van der Waals surface area (Å²) in [5.74, 6) is 0.395. The molecule has 0 aliphatic carbocycles. The van der Waals surface area contributed by atoms with Gasteiger partial charge in [0.25, 0.3) is 0 Å². The topological polar surface area (TPSA) is 81.5 Å². The van der Waals surface area contributed by atoms with E-state index in [0.29, 0.717) is 16.9 Å². The average Bonchev–Trinajstić information content (AvgIpc) is 3.52. The van der Waals surface area contributed by atoms with Crippen molar-refractivity contribution in [3.05, 3.63) is 101 Å².